The molecule has 0 unspecified atom stereocenters. The topological polar surface area (TPSA) is 360 Å². The number of ketones is 2. The number of rotatable bonds is 30. The van der Waals surface area contributed by atoms with Crippen molar-refractivity contribution in [3.05, 3.63) is 29.8 Å². The molecule has 12 N–H and O–H groups in total. The van der Waals surface area contributed by atoms with Crippen LogP contribution in [0.25, 0.3) is 0 Å². The predicted octanol–water partition coefficient (Wildman–Crippen LogP) is -1.60. The lowest BCUT2D eigenvalue weighted by molar-refractivity contribution is -0.142. The molecule has 67 heavy (non-hydrogen) atoms. The van der Waals surface area contributed by atoms with Crippen LogP contribution in [0, 0.1) is 17.8 Å². The third-order valence-corrected chi connectivity index (χ3v) is 10.8. The molecule has 0 fully saturated rings. The van der Waals surface area contributed by atoms with Crippen molar-refractivity contribution in [1.29, 1.82) is 0 Å². The zero-order valence-electron chi connectivity index (χ0n) is 38.8. The van der Waals surface area contributed by atoms with Crippen molar-refractivity contribution in [3.63, 3.8) is 0 Å². The van der Waals surface area contributed by atoms with Gasteiger partial charge in [0.2, 0.25) is 23.6 Å². The van der Waals surface area contributed by atoms with Gasteiger partial charge in [-0.25, -0.2) is 0 Å². The smallest absolute Gasteiger partial charge is 0.317 e. The number of hydrogen-bond donors (Lipinski definition) is 9. The Balaban J connectivity index is 2.25. The number of amides is 4. The van der Waals surface area contributed by atoms with E-state index in [9.17, 15) is 58.5 Å². The average Bonchev–Trinajstić information content (AvgIpc) is 3.22. The number of nitrogens with zero attached hydrogens (tertiary/aromatic N) is 4. The minimum absolute atomic E-state index is 0.00890. The van der Waals surface area contributed by atoms with Crippen LogP contribution in [-0.2, 0) is 49.6 Å². The number of aliphatic carboxylic acids is 3. The van der Waals surface area contributed by atoms with Gasteiger partial charge in [0.1, 0.15) is 17.6 Å². The van der Waals surface area contributed by atoms with Gasteiger partial charge in [-0.3, -0.25) is 62.8 Å². The summed E-state index contributed by atoms with van der Waals surface area (Å²) in [5.74, 6) is -7.90. The van der Waals surface area contributed by atoms with E-state index in [0.29, 0.717) is 37.2 Å². The van der Waals surface area contributed by atoms with E-state index in [4.69, 9.17) is 21.9 Å². The molecule has 4 atom stereocenters. The lowest BCUT2D eigenvalue weighted by Crippen LogP contribution is -2.54. The molecule has 1 aromatic carbocycles. The molecular weight excluding hydrogens is 877 g/mol. The number of carbonyl (C=O) groups excluding carboxylic acids is 6. The molecule has 2 bridgehead atoms. The van der Waals surface area contributed by atoms with E-state index in [-0.39, 0.29) is 108 Å². The van der Waals surface area contributed by atoms with E-state index in [1.807, 2.05) is 13.8 Å². The fourth-order valence-electron chi connectivity index (χ4n) is 7.61. The number of aliphatic imine (C=N–C) groups is 1. The molecule has 4 amide bonds. The van der Waals surface area contributed by atoms with Crippen molar-refractivity contribution < 1.29 is 63.2 Å². The highest BCUT2D eigenvalue weighted by molar-refractivity contribution is 5.94. The second kappa shape index (κ2) is 30.2. The van der Waals surface area contributed by atoms with E-state index in [2.05, 4.69) is 20.9 Å². The molecule has 2 aliphatic heterocycles. The molecule has 3 rings (SSSR count). The number of benzene rings is 1. The molecule has 374 valence electrons. The SMILES string of the molecule is CC(=O)CN(CCN(CCN(CC(=O)O)CC(=O)O)CC(=O)NCCCC(=O)[C@H](CCCN=C(N)N)NC(=O)[C@@H]1Cc2ccc(cc2)OCCC[C@H](C(N)=O)[C@@H](CC(C)C)C(=O)N1)CC(=O)O. The van der Waals surface area contributed by atoms with Gasteiger partial charge in [0.05, 0.1) is 45.4 Å². The van der Waals surface area contributed by atoms with Crippen LogP contribution in [0.4, 0.5) is 0 Å². The van der Waals surface area contributed by atoms with Gasteiger partial charge in [-0.2, -0.15) is 0 Å². The molecule has 0 saturated heterocycles. The largest absolute Gasteiger partial charge is 0.494 e. The lowest BCUT2D eigenvalue weighted by Gasteiger charge is -2.29. The summed E-state index contributed by atoms with van der Waals surface area (Å²) in [4.78, 5) is 122. The third kappa shape index (κ3) is 24.2. The summed E-state index contributed by atoms with van der Waals surface area (Å²) < 4.78 is 5.86. The maximum Gasteiger partial charge on any atom is 0.317 e. The van der Waals surface area contributed by atoms with Crippen molar-refractivity contribution in [3.8, 4) is 5.75 Å². The number of carboxylic acid groups (broad SMARTS) is 3. The molecular formula is C44H70N10O13. The van der Waals surface area contributed by atoms with Crippen molar-refractivity contribution >= 4 is 59.1 Å². The first kappa shape index (κ1) is 56.9. The van der Waals surface area contributed by atoms with Crippen LogP contribution in [0.2, 0.25) is 0 Å². The van der Waals surface area contributed by atoms with Gasteiger partial charge >= 0.3 is 17.9 Å². The number of fused-ring (bicyclic) bond motifs is 11. The van der Waals surface area contributed by atoms with Gasteiger partial charge in [-0.1, -0.05) is 26.0 Å². The van der Waals surface area contributed by atoms with E-state index in [1.54, 1.807) is 29.2 Å². The fraction of sp³-hybridized carbons (Fsp3) is 0.636. The monoisotopic (exact) mass is 947 g/mol. The summed E-state index contributed by atoms with van der Waals surface area (Å²) in [7, 11) is 0. The fourth-order valence-corrected chi connectivity index (χ4v) is 7.61. The van der Waals surface area contributed by atoms with Gasteiger partial charge in [-0.05, 0) is 69.1 Å². The standard InChI is InChI=1S/C44H70N10O13/c1-28(2)21-33-32(41(45)64)7-6-20-67-31-12-10-30(11-13-31)22-35(51-42(33)65)43(66)50-34(8-4-15-49-44(46)47)36(56)9-5-14-48-37(57)24-52(16-18-53(23-29(3)55)25-38(58)59)17-19-54(26-39(60)61)27-40(62)63/h10-13,28,32-35H,4-9,14-27H2,1-3H3,(H2,45,64)(H,48,57)(H,50,66)(H,51,65)(H,58,59)(H,60,61)(H,62,63)(H4,46,47,49)/t32-,33+,34-,35-/m0/s1. The Hall–Kier alpha value is -6.20. The minimum atomic E-state index is -1.26. The molecule has 23 nitrogen and oxygen atoms in total. The van der Waals surface area contributed by atoms with Crippen LogP contribution in [0.3, 0.4) is 0 Å². The Morgan fingerprint density at radius 2 is 1.42 bits per heavy atom. The summed E-state index contributed by atoms with van der Waals surface area (Å²) >= 11 is 0. The summed E-state index contributed by atoms with van der Waals surface area (Å²) in [6.07, 6.45) is 1.57. The van der Waals surface area contributed by atoms with Gasteiger partial charge in [0.15, 0.2) is 11.7 Å². The Labute approximate surface area is 390 Å². The molecule has 1 aromatic rings. The quantitative estimate of drug-likeness (QED) is 0.0238. The molecule has 0 aliphatic carbocycles. The van der Waals surface area contributed by atoms with E-state index >= 15 is 0 Å². The van der Waals surface area contributed by atoms with Crippen LogP contribution in [-0.4, -0.2) is 180 Å². The molecule has 2 heterocycles. The molecule has 0 aromatic heterocycles. The molecule has 0 radical (unpaired) electrons. The Kier molecular flexibility index (Phi) is 25.6. The first-order valence-corrected chi connectivity index (χ1v) is 22.4. The Bertz CT molecular complexity index is 1790. The predicted molar refractivity (Wildman–Crippen MR) is 244 cm³/mol. The second-order valence-corrected chi connectivity index (χ2v) is 17.2. The Morgan fingerprint density at radius 3 is 1.96 bits per heavy atom. The Morgan fingerprint density at radius 1 is 0.836 bits per heavy atom. The summed E-state index contributed by atoms with van der Waals surface area (Å²) in [5.41, 5.74) is 17.5. The van der Waals surface area contributed by atoms with Crippen LogP contribution in [0.15, 0.2) is 29.3 Å². The molecule has 23 heteroatoms. The molecule has 2 aliphatic rings. The van der Waals surface area contributed by atoms with Crippen LogP contribution < -0.4 is 37.9 Å². The normalized spacial score (nSPS) is 16.9. The molecule has 0 saturated carbocycles. The molecule has 0 spiro atoms. The second-order valence-electron chi connectivity index (χ2n) is 17.2. The first-order chi connectivity index (χ1) is 31.6. The zero-order chi connectivity index (χ0) is 50.1. The van der Waals surface area contributed by atoms with Crippen molar-refractivity contribution in [2.45, 2.75) is 84.2 Å². The van der Waals surface area contributed by atoms with E-state index in [1.165, 1.54) is 11.8 Å². The average molecular weight is 947 g/mol. The number of carboxylic acids is 3. The number of Topliss-reactive ketones (excluding diaryl/α,β-unsaturated/α-hetero) is 2. The third-order valence-electron chi connectivity index (χ3n) is 10.8. The van der Waals surface area contributed by atoms with E-state index in [0.717, 1.165) is 4.90 Å². The number of primary amides is 1. The van der Waals surface area contributed by atoms with Crippen LogP contribution >= 0.6 is 0 Å². The minimum Gasteiger partial charge on any atom is -0.494 e. The van der Waals surface area contributed by atoms with Gasteiger partial charge < -0.3 is 53.2 Å². The summed E-state index contributed by atoms with van der Waals surface area (Å²) in [6, 6.07) is 4.80. The highest BCUT2D eigenvalue weighted by Crippen LogP contribution is 2.26. The number of carbonyl (C=O) groups is 9. The number of nitrogens with one attached hydrogen (secondary N) is 3. The zero-order valence-corrected chi connectivity index (χ0v) is 38.8. The lowest BCUT2D eigenvalue weighted by atomic mass is 9.81. The van der Waals surface area contributed by atoms with Gasteiger partial charge in [0, 0.05) is 63.9 Å². The number of hydrogen-bond acceptors (Lipinski definition) is 14. The number of ether oxygens (including phenoxy) is 1. The summed E-state index contributed by atoms with van der Waals surface area (Å²) in [5, 5.41) is 36.3. The number of nitrogens with two attached hydrogens (primary N) is 3. The van der Waals surface area contributed by atoms with Crippen LogP contribution in [0.5, 0.6) is 5.75 Å². The maximum atomic E-state index is 14.2. The van der Waals surface area contributed by atoms with Gasteiger partial charge in [0.25, 0.3) is 0 Å². The van der Waals surface area contributed by atoms with E-state index < -0.39 is 85.1 Å². The maximum absolute atomic E-state index is 14.2. The van der Waals surface area contributed by atoms with Crippen molar-refractivity contribution in [2.24, 2.45) is 39.9 Å². The van der Waals surface area contributed by atoms with Crippen molar-refractivity contribution in [1.82, 2.24) is 30.7 Å². The highest BCUT2D eigenvalue weighted by atomic mass is 16.5. The summed E-state index contributed by atoms with van der Waals surface area (Å²) in [6.45, 7) is 3.59. The first-order valence-electron chi connectivity index (χ1n) is 22.4. The highest BCUT2D eigenvalue weighted by Gasteiger charge is 2.36. The number of guanidine groups is 1. The van der Waals surface area contributed by atoms with Crippen LogP contribution in [0.1, 0.15) is 71.3 Å². The van der Waals surface area contributed by atoms with Crippen molar-refractivity contribution in [2.75, 3.05) is 78.6 Å². The van der Waals surface area contributed by atoms with Gasteiger partial charge in [-0.15, -0.1) is 0 Å².